The Hall–Kier alpha value is -2.10. The maximum absolute atomic E-state index is 4.63. The third kappa shape index (κ3) is 2.26. The molecule has 4 nitrogen and oxygen atoms in total. The second-order valence-electron chi connectivity index (χ2n) is 4.91. The van der Waals surface area contributed by atoms with Gasteiger partial charge in [0.05, 0.1) is 29.6 Å². The molecule has 4 heteroatoms. The SMILES string of the molecule is CCC(C)n1ccc(Cn2cnc3ccccc32)n1. The predicted molar refractivity (Wildman–Crippen MR) is 76.1 cm³/mol. The van der Waals surface area contributed by atoms with Gasteiger partial charge in [0.15, 0.2) is 0 Å². The lowest BCUT2D eigenvalue weighted by Crippen LogP contribution is -2.06. The minimum absolute atomic E-state index is 0.452. The van der Waals surface area contributed by atoms with Crippen molar-refractivity contribution >= 4 is 11.0 Å². The quantitative estimate of drug-likeness (QED) is 0.716. The van der Waals surface area contributed by atoms with E-state index in [1.54, 1.807) is 0 Å². The average molecular weight is 254 g/mol. The van der Waals surface area contributed by atoms with Gasteiger partial charge in [-0.3, -0.25) is 4.68 Å². The van der Waals surface area contributed by atoms with Crippen LogP contribution >= 0.6 is 0 Å². The van der Waals surface area contributed by atoms with E-state index >= 15 is 0 Å². The fourth-order valence-corrected chi connectivity index (χ4v) is 2.21. The highest BCUT2D eigenvalue weighted by molar-refractivity contribution is 5.74. The molecule has 3 aromatic rings. The van der Waals surface area contributed by atoms with Gasteiger partial charge >= 0.3 is 0 Å². The maximum Gasteiger partial charge on any atom is 0.0962 e. The van der Waals surface area contributed by atoms with Crippen LogP contribution in [-0.2, 0) is 6.54 Å². The zero-order chi connectivity index (χ0) is 13.2. The lowest BCUT2D eigenvalue weighted by atomic mass is 10.3. The molecule has 1 atom stereocenters. The minimum atomic E-state index is 0.452. The Bertz CT molecular complexity index is 680. The van der Waals surface area contributed by atoms with E-state index in [4.69, 9.17) is 0 Å². The summed E-state index contributed by atoms with van der Waals surface area (Å²) >= 11 is 0. The van der Waals surface area contributed by atoms with Gasteiger partial charge in [0, 0.05) is 12.2 Å². The van der Waals surface area contributed by atoms with E-state index in [0.717, 1.165) is 29.7 Å². The lowest BCUT2D eigenvalue weighted by Gasteiger charge is -2.08. The molecule has 0 saturated heterocycles. The van der Waals surface area contributed by atoms with Crippen LogP contribution in [0.2, 0.25) is 0 Å². The molecular weight excluding hydrogens is 236 g/mol. The molecule has 0 saturated carbocycles. The van der Waals surface area contributed by atoms with Crippen molar-refractivity contribution in [3.63, 3.8) is 0 Å². The summed E-state index contributed by atoms with van der Waals surface area (Å²) in [5.74, 6) is 0. The van der Waals surface area contributed by atoms with E-state index in [1.807, 2.05) is 29.2 Å². The van der Waals surface area contributed by atoms with Crippen LogP contribution in [0.15, 0.2) is 42.9 Å². The van der Waals surface area contributed by atoms with Crippen molar-refractivity contribution in [2.75, 3.05) is 0 Å². The van der Waals surface area contributed by atoms with Gasteiger partial charge in [0.25, 0.3) is 0 Å². The van der Waals surface area contributed by atoms with Crippen molar-refractivity contribution in [1.29, 1.82) is 0 Å². The van der Waals surface area contributed by atoms with E-state index in [-0.39, 0.29) is 0 Å². The van der Waals surface area contributed by atoms with Gasteiger partial charge in [-0.25, -0.2) is 4.98 Å². The Labute approximate surface area is 112 Å². The zero-order valence-corrected chi connectivity index (χ0v) is 11.3. The third-order valence-corrected chi connectivity index (χ3v) is 3.57. The van der Waals surface area contributed by atoms with Crippen LogP contribution in [0, 0.1) is 0 Å². The fraction of sp³-hybridized carbons (Fsp3) is 0.333. The molecule has 0 aliphatic rings. The number of para-hydroxylation sites is 2. The van der Waals surface area contributed by atoms with E-state index in [9.17, 15) is 0 Å². The van der Waals surface area contributed by atoms with Gasteiger partial charge in [0.2, 0.25) is 0 Å². The number of imidazole rings is 1. The molecule has 0 N–H and O–H groups in total. The van der Waals surface area contributed by atoms with Gasteiger partial charge in [-0.15, -0.1) is 0 Å². The number of nitrogens with zero attached hydrogens (tertiary/aromatic N) is 4. The summed E-state index contributed by atoms with van der Waals surface area (Å²) in [6.45, 7) is 5.13. The molecule has 3 rings (SSSR count). The van der Waals surface area contributed by atoms with E-state index < -0.39 is 0 Å². The largest absolute Gasteiger partial charge is 0.324 e. The molecule has 1 unspecified atom stereocenters. The first-order valence-electron chi connectivity index (χ1n) is 6.72. The highest BCUT2D eigenvalue weighted by Gasteiger charge is 2.07. The topological polar surface area (TPSA) is 35.6 Å². The number of fused-ring (bicyclic) bond motifs is 1. The Morgan fingerprint density at radius 1 is 1.21 bits per heavy atom. The Morgan fingerprint density at radius 2 is 2.05 bits per heavy atom. The van der Waals surface area contributed by atoms with Crippen molar-refractivity contribution in [3.05, 3.63) is 48.5 Å². The van der Waals surface area contributed by atoms with Gasteiger partial charge in [-0.2, -0.15) is 5.10 Å². The second kappa shape index (κ2) is 4.88. The molecule has 19 heavy (non-hydrogen) atoms. The Balaban J connectivity index is 1.87. The molecule has 0 aliphatic heterocycles. The summed E-state index contributed by atoms with van der Waals surface area (Å²) in [4.78, 5) is 4.40. The number of aromatic nitrogens is 4. The summed E-state index contributed by atoms with van der Waals surface area (Å²) < 4.78 is 4.17. The molecule has 0 aliphatic carbocycles. The monoisotopic (exact) mass is 254 g/mol. The van der Waals surface area contributed by atoms with Gasteiger partial charge in [-0.1, -0.05) is 19.1 Å². The normalized spacial score (nSPS) is 12.9. The molecule has 2 aromatic heterocycles. The lowest BCUT2D eigenvalue weighted by molar-refractivity contribution is 0.472. The number of benzene rings is 1. The van der Waals surface area contributed by atoms with Gasteiger partial charge in [-0.05, 0) is 31.5 Å². The molecule has 0 fully saturated rings. The Kier molecular flexibility index (Phi) is 3.07. The van der Waals surface area contributed by atoms with Crippen LogP contribution in [0.4, 0.5) is 0 Å². The highest BCUT2D eigenvalue weighted by atomic mass is 15.3. The van der Waals surface area contributed by atoms with Crippen LogP contribution in [-0.4, -0.2) is 19.3 Å². The summed E-state index contributed by atoms with van der Waals surface area (Å²) in [6, 6.07) is 10.7. The summed E-state index contributed by atoms with van der Waals surface area (Å²) in [6.07, 6.45) is 5.03. The fourth-order valence-electron chi connectivity index (χ4n) is 2.21. The number of hydrogen-bond acceptors (Lipinski definition) is 2. The molecule has 98 valence electrons. The molecular formula is C15H18N4. The summed E-state index contributed by atoms with van der Waals surface area (Å²) in [7, 11) is 0. The van der Waals surface area contributed by atoms with Crippen molar-refractivity contribution in [3.8, 4) is 0 Å². The molecule has 0 radical (unpaired) electrons. The number of rotatable bonds is 4. The minimum Gasteiger partial charge on any atom is -0.324 e. The molecule has 1 aromatic carbocycles. The highest BCUT2D eigenvalue weighted by Crippen LogP contribution is 2.14. The standard InChI is InChI=1S/C15H18N4/c1-3-12(2)19-9-8-13(17-19)10-18-11-16-14-6-4-5-7-15(14)18/h4-9,11-12H,3,10H2,1-2H3. The smallest absolute Gasteiger partial charge is 0.0962 e. The second-order valence-corrected chi connectivity index (χ2v) is 4.91. The molecule has 0 spiro atoms. The first-order chi connectivity index (χ1) is 9.28. The van der Waals surface area contributed by atoms with E-state index in [2.05, 4.69) is 46.8 Å². The first kappa shape index (κ1) is 12.0. The summed E-state index contributed by atoms with van der Waals surface area (Å²) in [5.41, 5.74) is 3.26. The van der Waals surface area contributed by atoms with Crippen molar-refractivity contribution in [2.24, 2.45) is 0 Å². The van der Waals surface area contributed by atoms with Crippen LogP contribution in [0.3, 0.4) is 0 Å². The van der Waals surface area contributed by atoms with Gasteiger partial charge < -0.3 is 4.57 Å². The van der Waals surface area contributed by atoms with Crippen LogP contribution in [0.1, 0.15) is 32.0 Å². The average Bonchev–Trinajstić information content (AvgIpc) is 3.06. The van der Waals surface area contributed by atoms with Crippen LogP contribution < -0.4 is 0 Å². The van der Waals surface area contributed by atoms with E-state index in [1.165, 1.54) is 0 Å². The zero-order valence-electron chi connectivity index (χ0n) is 11.3. The first-order valence-corrected chi connectivity index (χ1v) is 6.72. The van der Waals surface area contributed by atoms with Crippen molar-refractivity contribution < 1.29 is 0 Å². The number of hydrogen-bond donors (Lipinski definition) is 0. The molecule has 0 amide bonds. The van der Waals surface area contributed by atoms with Crippen molar-refractivity contribution in [2.45, 2.75) is 32.9 Å². The third-order valence-electron chi connectivity index (χ3n) is 3.57. The predicted octanol–water partition coefficient (Wildman–Crippen LogP) is 3.25. The molecule has 2 heterocycles. The van der Waals surface area contributed by atoms with Crippen molar-refractivity contribution in [1.82, 2.24) is 19.3 Å². The molecule has 0 bridgehead atoms. The van der Waals surface area contributed by atoms with Gasteiger partial charge in [0.1, 0.15) is 0 Å². The maximum atomic E-state index is 4.63. The Morgan fingerprint density at radius 3 is 2.89 bits per heavy atom. The summed E-state index contributed by atoms with van der Waals surface area (Å²) in [5, 5.41) is 4.63. The van der Waals surface area contributed by atoms with Crippen LogP contribution in [0.5, 0.6) is 0 Å². The van der Waals surface area contributed by atoms with E-state index in [0.29, 0.717) is 6.04 Å². The van der Waals surface area contributed by atoms with Crippen LogP contribution in [0.25, 0.3) is 11.0 Å².